The van der Waals surface area contributed by atoms with Crippen molar-refractivity contribution in [3.63, 3.8) is 0 Å². The van der Waals surface area contributed by atoms with E-state index in [1.807, 2.05) is 17.2 Å². The molecule has 1 unspecified atom stereocenters. The maximum Gasteiger partial charge on any atom is 0.240 e. The molecular formula is C9H16N2O. The molecule has 1 heterocycles. The lowest BCUT2D eigenvalue weighted by atomic mass is 10.0. The average Bonchev–Trinajstić information content (AvgIpc) is 2.30. The number of nitrogens with two attached hydrogens (primary N) is 1. The van der Waals surface area contributed by atoms with E-state index in [2.05, 4.69) is 20.8 Å². The third kappa shape index (κ3) is 1.60. The lowest BCUT2D eigenvalue weighted by molar-refractivity contribution is -0.123. The van der Waals surface area contributed by atoms with Crippen LogP contribution in [0.4, 0.5) is 0 Å². The lowest BCUT2D eigenvalue weighted by Gasteiger charge is -2.36. The summed E-state index contributed by atoms with van der Waals surface area (Å²) in [6.07, 6.45) is 4.68. The van der Waals surface area contributed by atoms with E-state index in [4.69, 9.17) is 5.73 Å². The second kappa shape index (κ2) is 2.81. The number of hydrogen-bond acceptors (Lipinski definition) is 2. The Kier molecular flexibility index (Phi) is 2.13. The highest BCUT2D eigenvalue weighted by Crippen LogP contribution is 2.24. The van der Waals surface area contributed by atoms with Gasteiger partial charge in [0, 0.05) is 5.54 Å². The molecule has 1 rings (SSSR count). The first-order chi connectivity index (χ1) is 5.43. The van der Waals surface area contributed by atoms with Gasteiger partial charge in [0.2, 0.25) is 5.91 Å². The van der Waals surface area contributed by atoms with Crippen molar-refractivity contribution in [1.29, 1.82) is 0 Å². The van der Waals surface area contributed by atoms with Crippen molar-refractivity contribution in [3.05, 3.63) is 12.3 Å². The van der Waals surface area contributed by atoms with Gasteiger partial charge >= 0.3 is 0 Å². The summed E-state index contributed by atoms with van der Waals surface area (Å²) in [7, 11) is 0. The van der Waals surface area contributed by atoms with Crippen LogP contribution in [-0.2, 0) is 4.79 Å². The minimum atomic E-state index is -0.241. The molecule has 3 heteroatoms. The van der Waals surface area contributed by atoms with Crippen LogP contribution in [0.1, 0.15) is 27.2 Å². The molecule has 0 aromatic heterocycles. The van der Waals surface area contributed by atoms with Crippen LogP contribution in [0.3, 0.4) is 0 Å². The first-order valence-corrected chi connectivity index (χ1v) is 4.17. The second-order valence-electron chi connectivity index (χ2n) is 4.12. The Morgan fingerprint density at radius 1 is 1.58 bits per heavy atom. The SMILES string of the molecule is CC(C)(C)N1C=CCC1C(N)=O. The predicted octanol–water partition coefficient (Wildman–Crippen LogP) is 0.858. The number of rotatable bonds is 1. The minimum Gasteiger partial charge on any atom is -0.368 e. The molecule has 1 amide bonds. The van der Waals surface area contributed by atoms with Crippen LogP contribution in [0.15, 0.2) is 12.3 Å². The monoisotopic (exact) mass is 168 g/mol. The van der Waals surface area contributed by atoms with E-state index in [0.717, 1.165) is 6.42 Å². The average molecular weight is 168 g/mol. The van der Waals surface area contributed by atoms with Gasteiger partial charge in [-0.3, -0.25) is 4.79 Å². The van der Waals surface area contributed by atoms with Crippen LogP contribution in [0, 0.1) is 0 Å². The Morgan fingerprint density at radius 2 is 2.17 bits per heavy atom. The molecule has 0 fully saturated rings. The molecule has 1 aliphatic heterocycles. The topological polar surface area (TPSA) is 46.3 Å². The molecule has 2 N–H and O–H groups in total. The molecule has 0 bridgehead atoms. The molecule has 0 saturated carbocycles. The molecule has 12 heavy (non-hydrogen) atoms. The van der Waals surface area contributed by atoms with Gasteiger partial charge in [0.05, 0.1) is 0 Å². The van der Waals surface area contributed by atoms with E-state index < -0.39 is 0 Å². The zero-order valence-electron chi connectivity index (χ0n) is 7.87. The minimum absolute atomic E-state index is 0.0211. The third-order valence-electron chi connectivity index (χ3n) is 2.06. The fraction of sp³-hybridized carbons (Fsp3) is 0.667. The summed E-state index contributed by atoms with van der Waals surface area (Å²) in [5.41, 5.74) is 5.24. The summed E-state index contributed by atoms with van der Waals surface area (Å²) in [6, 6.07) is -0.148. The van der Waals surface area contributed by atoms with Crippen molar-refractivity contribution in [1.82, 2.24) is 4.90 Å². The van der Waals surface area contributed by atoms with Gasteiger partial charge in [0.15, 0.2) is 0 Å². The predicted molar refractivity (Wildman–Crippen MR) is 48.3 cm³/mol. The van der Waals surface area contributed by atoms with Gasteiger partial charge in [-0.25, -0.2) is 0 Å². The summed E-state index contributed by atoms with van der Waals surface area (Å²) < 4.78 is 0. The summed E-state index contributed by atoms with van der Waals surface area (Å²) in [4.78, 5) is 13.0. The van der Waals surface area contributed by atoms with Gasteiger partial charge in [-0.15, -0.1) is 0 Å². The molecule has 0 aromatic carbocycles. The Bertz CT molecular complexity index is 215. The lowest BCUT2D eigenvalue weighted by Crippen LogP contribution is -2.48. The number of primary amides is 1. The first kappa shape index (κ1) is 9.10. The van der Waals surface area contributed by atoms with Crippen molar-refractivity contribution in [2.75, 3.05) is 0 Å². The van der Waals surface area contributed by atoms with E-state index >= 15 is 0 Å². The molecule has 1 aliphatic rings. The van der Waals surface area contributed by atoms with E-state index in [0.29, 0.717) is 0 Å². The quantitative estimate of drug-likeness (QED) is 0.631. The van der Waals surface area contributed by atoms with Crippen molar-refractivity contribution < 1.29 is 4.79 Å². The number of amides is 1. The fourth-order valence-corrected chi connectivity index (χ4v) is 1.47. The summed E-state index contributed by atoms with van der Waals surface area (Å²) in [5, 5.41) is 0. The number of hydrogen-bond donors (Lipinski definition) is 1. The molecule has 1 atom stereocenters. The van der Waals surface area contributed by atoms with E-state index in [9.17, 15) is 4.79 Å². The highest BCUT2D eigenvalue weighted by molar-refractivity contribution is 5.80. The fourth-order valence-electron chi connectivity index (χ4n) is 1.47. The largest absolute Gasteiger partial charge is 0.368 e. The molecule has 68 valence electrons. The van der Waals surface area contributed by atoms with Gasteiger partial charge in [0.1, 0.15) is 6.04 Å². The van der Waals surface area contributed by atoms with Crippen LogP contribution in [0.25, 0.3) is 0 Å². The molecule has 0 radical (unpaired) electrons. The smallest absolute Gasteiger partial charge is 0.240 e. The summed E-state index contributed by atoms with van der Waals surface area (Å²) in [5.74, 6) is -0.241. The Labute approximate surface area is 73.2 Å². The van der Waals surface area contributed by atoms with Crippen LogP contribution >= 0.6 is 0 Å². The zero-order chi connectivity index (χ0) is 9.35. The van der Waals surface area contributed by atoms with Gasteiger partial charge < -0.3 is 10.6 Å². The molecule has 0 aliphatic carbocycles. The van der Waals surface area contributed by atoms with Crippen molar-refractivity contribution >= 4 is 5.91 Å². The van der Waals surface area contributed by atoms with E-state index in [1.165, 1.54) is 0 Å². The molecule has 3 nitrogen and oxygen atoms in total. The molecule has 0 aromatic rings. The molecular weight excluding hydrogens is 152 g/mol. The highest BCUT2D eigenvalue weighted by Gasteiger charge is 2.31. The first-order valence-electron chi connectivity index (χ1n) is 4.17. The van der Waals surface area contributed by atoms with Gasteiger partial charge in [-0.1, -0.05) is 6.08 Å². The van der Waals surface area contributed by atoms with Crippen LogP contribution in [-0.4, -0.2) is 22.4 Å². The zero-order valence-corrected chi connectivity index (χ0v) is 7.87. The van der Waals surface area contributed by atoms with Crippen LogP contribution in [0.2, 0.25) is 0 Å². The third-order valence-corrected chi connectivity index (χ3v) is 2.06. The van der Waals surface area contributed by atoms with E-state index in [-0.39, 0.29) is 17.5 Å². The number of nitrogens with zero attached hydrogens (tertiary/aromatic N) is 1. The summed E-state index contributed by atoms with van der Waals surface area (Å²) >= 11 is 0. The van der Waals surface area contributed by atoms with Crippen LogP contribution < -0.4 is 5.73 Å². The van der Waals surface area contributed by atoms with Crippen molar-refractivity contribution in [2.24, 2.45) is 5.73 Å². The van der Waals surface area contributed by atoms with E-state index in [1.54, 1.807) is 0 Å². The van der Waals surface area contributed by atoms with Gasteiger partial charge in [-0.05, 0) is 33.4 Å². The maximum atomic E-state index is 11.0. The molecule has 0 saturated heterocycles. The Morgan fingerprint density at radius 3 is 2.50 bits per heavy atom. The highest BCUT2D eigenvalue weighted by atomic mass is 16.1. The number of carbonyl (C=O) groups is 1. The normalized spacial score (nSPS) is 23.2. The standard InChI is InChI=1S/C9H16N2O/c1-9(2,3)11-6-4-5-7(11)8(10)12/h4,6-7H,5H2,1-3H3,(H2,10,12). The Balaban J connectivity index is 2.76. The van der Waals surface area contributed by atoms with Crippen molar-refractivity contribution in [2.45, 2.75) is 38.8 Å². The Hall–Kier alpha value is -0.990. The summed E-state index contributed by atoms with van der Waals surface area (Å²) in [6.45, 7) is 6.20. The van der Waals surface area contributed by atoms with Gasteiger partial charge in [-0.2, -0.15) is 0 Å². The van der Waals surface area contributed by atoms with Crippen LogP contribution in [0.5, 0.6) is 0 Å². The van der Waals surface area contributed by atoms with Crippen molar-refractivity contribution in [3.8, 4) is 0 Å². The second-order valence-corrected chi connectivity index (χ2v) is 4.12. The number of carbonyl (C=O) groups excluding carboxylic acids is 1. The van der Waals surface area contributed by atoms with Gasteiger partial charge in [0.25, 0.3) is 0 Å². The molecule has 0 spiro atoms. The maximum absolute atomic E-state index is 11.0.